The first kappa shape index (κ1) is 13.0. The van der Waals surface area contributed by atoms with Crippen molar-refractivity contribution in [2.45, 2.75) is 12.6 Å². The van der Waals surface area contributed by atoms with E-state index in [2.05, 4.69) is 15.4 Å². The first-order chi connectivity index (χ1) is 9.19. The van der Waals surface area contributed by atoms with Gasteiger partial charge in [0.05, 0.1) is 12.6 Å². The Bertz CT molecular complexity index is 540. The summed E-state index contributed by atoms with van der Waals surface area (Å²) in [6.07, 6.45) is 1.38. The van der Waals surface area contributed by atoms with Crippen LogP contribution in [-0.2, 0) is 11.3 Å². The zero-order valence-electron chi connectivity index (χ0n) is 10.2. The van der Waals surface area contributed by atoms with Gasteiger partial charge in [0.25, 0.3) is 0 Å². The van der Waals surface area contributed by atoms with Gasteiger partial charge in [-0.3, -0.25) is 4.79 Å². The maximum absolute atomic E-state index is 11.8. The molecule has 7 nitrogen and oxygen atoms in total. The number of nitrogens with one attached hydrogen (secondary N) is 1. The van der Waals surface area contributed by atoms with Crippen LogP contribution in [0.25, 0.3) is 0 Å². The van der Waals surface area contributed by atoms with E-state index in [1.54, 1.807) is 0 Å². The number of hydrogen-bond acceptors (Lipinski definition) is 5. The lowest BCUT2D eigenvalue weighted by molar-refractivity contribution is -0.122. The van der Waals surface area contributed by atoms with E-state index in [1.165, 1.54) is 11.0 Å². The molecular weight excluding hydrogens is 246 g/mol. The quantitative estimate of drug-likeness (QED) is 0.685. The molecule has 4 N–H and O–H groups in total. The third-order valence-corrected chi connectivity index (χ3v) is 2.58. The Balaban J connectivity index is 1.97. The fourth-order valence-electron chi connectivity index (χ4n) is 1.69. The molecule has 2 rings (SSSR count). The fraction of sp³-hybridized carbons (Fsp3) is 0.250. The molecule has 2 aromatic rings. The maximum atomic E-state index is 11.8. The molecule has 0 saturated carbocycles. The summed E-state index contributed by atoms with van der Waals surface area (Å²) in [6.45, 7) is -0.164. The van der Waals surface area contributed by atoms with Crippen LogP contribution < -0.4 is 11.1 Å². The van der Waals surface area contributed by atoms with Crippen LogP contribution in [0.4, 0.5) is 5.95 Å². The van der Waals surface area contributed by atoms with E-state index in [-0.39, 0.29) is 25.0 Å². The molecule has 0 saturated heterocycles. The van der Waals surface area contributed by atoms with E-state index in [4.69, 9.17) is 5.73 Å². The second-order valence-electron chi connectivity index (χ2n) is 4.01. The summed E-state index contributed by atoms with van der Waals surface area (Å²) in [5.74, 6) is -0.151. The van der Waals surface area contributed by atoms with Gasteiger partial charge in [-0.1, -0.05) is 30.3 Å². The number of carbonyl (C=O) groups is 1. The Kier molecular flexibility index (Phi) is 4.09. The lowest BCUT2D eigenvalue weighted by atomic mass is 10.1. The molecule has 0 spiro atoms. The number of aliphatic hydroxyl groups is 1. The van der Waals surface area contributed by atoms with E-state index in [9.17, 15) is 9.90 Å². The Morgan fingerprint density at radius 2 is 2.16 bits per heavy atom. The molecule has 0 aliphatic rings. The molecular formula is C12H15N5O2. The van der Waals surface area contributed by atoms with Gasteiger partial charge in [0.15, 0.2) is 0 Å². The molecule has 1 heterocycles. The summed E-state index contributed by atoms with van der Waals surface area (Å²) in [5.41, 5.74) is 6.20. The van der Waals surface area contributed by atoms with Crippen LogP contribution in [0.3, 0.4) is 0 Å². The third-order valence-electron chi connectivity index (χ3n) is 2.58. The summed E-state index contributed by atoms with van der Waals surface area (Å²) in [7, 11) is 0. The van der Waals surface area contributed by atoms with Crippen LogP contribution in [0, 0.1) is 0 Å². The average Bonchev–Trinajstić information content (AvgIpc) is 2.82. The number of anilines is 1. The SMILES string of the molecule is Nc1ncn(CC(=O)N[C@@H](CO)c2ccccc2)n1. The average molecular weight is 261 g/mol. The van der Waals surface area contributed by atoms with Crippen LogP contribution in [0.2, 0.25) is 0 Å². The molecule has 0 unspecified atom stereocenters. The Hall–Kier alpha value is -2.41. The minimum Gasteiger partial charge on any atom is -0.394 e. The Morgan fingerprint density at radius 1 is 1.42 bits per heavy atom. The minimum atomic E-state index is -0.436. The maximum Gasteiger partial charge on any atom is 0.242 e. The molecule has 1 aromatic heterocycles. The summed E-state index contributed by atoms with van der Waals surface area (Å²) < 4.78 is 1.34. The van der Waals surface area contributed by atoms with Crippen LogP contribution >= 0.6 is 0 Å². The van der Waals surface area contributed by atoms with Crippen molar-refractivity contribution in [1.82, 2.24) is 20.1 Å². The second kappa shape index (κ2) is 5.96. The number of aromatic nitrogens is 3. The van der Waals surface area contributed by atoms with Crippen LogP contribution in [-0.4, -0.2) is 32.4 Å². The lowest BCUT2D eigenvalue weighted by Gasteiger charge is -2.16. The normalized spacial score (nSPS) is 12.1. The third kappa shape index (κ3) is 3.52. The van der Waals surface area contributed by atoms with Crippen LogP contribution in [0.1, 0.15) is 11.6 Å². The number of nitrogen functional groups attached to an aromatic ring is 1. The van der Waals surface area contributed by atoms with Crippen molar-refractivity contribution in [1.29, 1.82) is 0 Å². The van der Waals surface area contributed by atoms with Gasteiger partial charge in [0.2, 0.25) is 11.9 Å². The molecule has 0 aliphatic carbocycles. The van der Waals surface area contributed by atoms with Crippen molar-refractivity contribution in [2.75, 3.05) is 12.3 Å². The van der Waals surface area contributed by atoms with Crippen molar-refractivity contribution in [2.24, 2.45) is 0 Å². The Labute approximate surface area is 110 Å². The number of carbonyl (C=O) groups excluding carboxylic acids is 1. The first-order valence-electron chi connectivity index (χ1n) is 5.79. The van der Waals surface area contributed by atoms with E-state index in [0.29, 0.717) is 0 Å². The summed E-state index contributed by atoms with van der Waals surface area (Å²) in [4.78, 5) is 15.5. The highest BCUT2D eigenvalue weighted by molar-refractivity contribution is 5.76. The number of benzene rings is 1. The number of amides is 1. The molecule has 1 amide bonds. The van der Waals surface area contributed by atoms with Gasteiger partial charge in [0.1, 0.15) is 12.9 Å². The number of nitrogens with zero attached hydrogens (tertiary/aromatic N) is 3. The second-order valence-corrected chi connectivity index (χ2v) is 4.01. The monoisotopic (exact) mass is 261 g/mol. The van der Waals surface area contributed by atoms with Crippen molar-refractivity contribution >= 4 is 11.9 Å². The lowest BCUT2D eigenvalue weighted by Crippen LogP contribution is -2.33. The zero-order valence-corrected chi connectivity index (χ0v) is 10.2. The highest BCUT2D eigenvalue weighted by atomic mass is 16.3. The molecule has 7 heteroatoms. The first-order valence-corrected chi connectivity index (χ1v) is 5.79. The topological polar surface area (TPSA) is 106 Å². The van der Waals surface area contributed by atoms with Gasteiger partial charge in [0, 0.05) is 0 Å². The van der Waals surface area contributed by atoms with Crippen LogP contribution in [0.5, 0.6) is 0 Å². The number of hydrogen-bond donors (Lipinski definition) is 3. The molecule has 0 fully saturated rings. The molecule has 100 valence electrons. The van der Waals surface area contributed by atoms with E-state index in [1.807, 2.05) is 30.3 Å². The largest absolute Gasteiger partial charge is 0.394 e. The van der Waals surface area contributed by atoms with E-state index in [0.717, 1.165) is 5.56 Å². The van der Waals surface area contributed by atoms with E-state index < -0.39 is 6.04 Å². The van der Waals surface area contributed by atoms with Crippen LogP contribution in [0.15, 0.2) is 36.7 Å². The standard InChI is InChI=1S/C12H15N5O2/c13-12-14-8-17(16-12)6-11(19)15-10(7-18)9-4-2-1-3-5-9/h1-5,8,10,18H,6-7H2,(H2,13,16)(H,15,19)/t10-/m0/s1. The van der Waals surface area contributed by atoms with Crippen molar-refractivity contribution in [3.8, 4) is 0 Å². The molecule has 1 aromatic carbocycles. The Morgan fingerprint density at radius 3 is 2.74 bits per heavy atom. The molecule has 0 radical (unpaired) electrons. The highest BCUT2D eigenvalue weighted by Crippen LogP contribution is 2.11. The predicted octanol–water partition coefficient (Wildman–Crippen LogP) is -0.290. The van der Waals surface area contributed by atoms with Gasteiger partial charge >= 0.3 is 0 Å². The van der Waals surface area contributed by atoms with Gasteiger partial charge in [-0.05, 0) is 5.56 Å². The zero-order chi connectivity index (χ0) is 13.7. The van der Waals surface area contributed by atoms with E-state index >= 15 is 0 Å². The highest BCUT2D eigenvalue weighted by Gasteiger charge is 2.13. The van der Waals surface area contributed by atoms with Crippen molar-refractivity contribution in [3.63, 3.8) is 0 Å². The summed E-state index contributed by atoms with van der Waals surface area (Å²) in [6, 6.07) is 8.82. The smallest absolute Gasteiger partial charge is 0.242 e. The van der Waals surface area contributed by atoms with Crippen molar-refractivity contribution in [3.05, 3.63) is 42.2 Å². The predicted molar refractivity (Wildman–Crippen MR) is 68.8 cm³/mol. The molecule has 1 atom stereocenters. The molecule has 0 bridgehead atoms. The summed E-state index contributed by atoms with van der Waals surface area (Å²) >= 11 is 0. The minimum absolute atomic E-state index is 0.00747. The van der Waals surface area contributed by atoms with Crippen molar-refractivity contribution < 1.29 is 9.90 Å². The van der Waals surface area contributed by atoms with Gasteiger partial charge in [-0.2, -0.15) is 0 Å². The van der Waals surface area contributed by atoms with Gasteiger partial charge in [-0.25, -0.2) is 9.67 Å². The van der Waals surface area contributed by atoms with Gasteiger partial charge < -0.3 is 16.2 Å². The molecule has 0 aliphatic heterocycles. The molecule has 19 heavy (non-hydrogen) atoms. The number of rotatable bonds is 5. The number of aliphatic hydroxyl groups excluding tert-OH is 1. The fourth-order valence-corrected chi connectivity index (χ4v) is 1.69. The van der Waals surface area contributed by atoms with Gasteiger partial charge in [-0.15, -0.1) is 5.10 Å². The number of nitrogens with two attached hydrogens (primary N) is 1. The summed E-state index contributed by atoms with van der Waals surface area (Å²) in [5, 5.41) is 15.9.